The maximum atomic E-state index is 13.8. The molecule has 41 heavy (non-hydrogen) atoms. The topological polar surface area (TPSA) is 69.9 Å². The van der Waals surface area contributed by atoms with Gasteiger partial charge in [0, 0.05) is 10.6 Å². The van der Waals surface area contributed by atoms with Gasteiger partial charge in [0.2, 0.25) is 0 Å². The van der Waals surface area contributed by atoms with E-state index >= 15 is 0 Å². The van der Waals surface area contributed by atoms with E-state index in [-0.39, 0.29) is 12.2 Å². The predicted octanol–water partition coefficient (Wildman–Crippen LogP) is 6.15. The normalized spacial score (nSPS) is 15.1. The van der Waals surface area contributed by atoms with Gasteiger partial charge in [0.15, 0.2) is 4.80 Å². The van der Waals surface area contributed by atoms with Gasteiger partial charge in [-0.1, -0.05) is 91.4 Å². The molecule has 6 nitrogen and oxygen atoms in total. The maximum Gasteiger partial charge on any atom is 0.338 e. The maximum absolute atomic E-state index is 13.8. The minimum absolute atomic E-state index is 0.208. The van der Waals surface area contributed by atoms with E-state index in [4.69, 9.17) is 21.1 Å². The van der Waals surface area contributed by atoms with Crippen molar-refractivity contribution >= 4 is 35.0 Å². The molecular formula is C33H31ClN2O4S. The van der Waals surface area contributed by atoms with Crippen molar-refractivity contribution in [3.8, 4) is 5.75 Å². The summed E-state index contributed by atoms with van der Waals surface area (Å²) in [5, 5.41) is 0.662. The molecule has 1 aliphatic rings. The lowest BCUT2D eigenvalue weighted by molar-refractivity contribution is -0.139. The number of halogens is 1. The summed E-state index contributed by atoms with van der Waals surface area (Å²) in [7, 11) is 0. The van der Waals surface area contributed by atoms with Crippen LogP contribution < -0.4 is 19.6 Å². The van der Waals surface area contributed by atoms with Gasteiger partial charge in [-0.05, 0) is 60.7 Å². The fourth-order valence-corrected chi connectivity index (χ4v) is 6.00. The molecule has 4 aromatic rings. The molecule has 0 aliphatic carbocycles. The van der Waals surface area contributed by atoms with Gasteiger partial charge < -0.3 is 9.47 Å². The zero-order valence-corrected chi connectivity index (χ0v) is 25.0. The van der Waals surface area contributed by atoms with Gasteiger partial charge >= 0.3 is 5.97 Å². The van der Waals surface area contributed by atoms with Crippen molar-refractivity contribution < 1.29 is 14.3 Å². The molecule has 5 rings (SSSR count). The number of carbonyl (C=O) groups excluding carboxylic acids is 1. The molecule has 0 bridgehead atoms. The molecule has 0 saturated heterocycles. The number of aromatic nitrogens is 1. The molecule has 1 aliphatic heterocycles. The quantitative estimate of drug-likeness (QED) is 0.232. The minimum atomic E-state index is -0.630. The van der Waals surface area contributed by atoms with Crippen molar-refractivity contribution in [3.05, 3.63) is 131 Å². The fourth-order valence-electron chi connectivity index (χ4n) is 4.76. The summed E-state index contributed by atoms with van der Waals surface area (Å²) in [6.07, 6.45) is 1.84. The molecule has 0 spiro atoms. The average molecular weight is 587 g/mol. The van der Waals surface area contributed by atoms with Gasteiger partial charge in [0.05, 0.1) is 28.5 Å². The van der Waals surface area contributed by atoms with E-state index in [1.165, 1.54) is 16.9 Å². The highest BCUT2D eigenvalue weighted by atomic mass is 35.5. The smallest absolute Gasteiger partial charge is 0.338 e. The molecule has 3 aromatic carbocycles. The molecular weight excluding hydrogens is 556 g/mol. The lowest BCUT2D eigenvalue weighted by Gasteiger charge is -2.25. The number of carbonyl (C=O) groups is 1. The van der Waals surface area contributed by atoms with Gasteiger partial charge in [0.1, 0.15) is 12.4 Å². The molecule has 1 aromatic heterocycles. The first-order valence-electron chi connectivity index (χ1n) is 13.5. The summed E-state index contributed by atoms with van der Waals surface area (Å²) < 4.78 is 13.4. The van der Waals surface area contributed by atoms with E-state index in [1.54, 1.807) is 18.4 Å². The lowest BCUT2D eigenvalue weighted by atomic mass is 9.93. The second-order valence-electron chi connectivity index (χ2n) is 10.1. The van der Waals surface area contributed by atoms with E-state index in [0.717, 1.165) is 16.7 Å². The van der Waals surface area contributed by atoms with Crippen molar-refractivity contribution in [1.29, 1.82) is 0 Å². The Bertz CT molecular complexity index is 1780. The van der Waals surface area contributed by atoms with Crippen LogP contribution in [0.2, 0.25) is 5.02 Å². The molecule has 210 valence electrons. The Morgan fingerprint density at radius 1 is 1.07 bits per heavy atom. The third kappa shape index (κ3) is 6.06. The summed E-state index contributed by atoms with van der Waals surface area (Å²) in [6, 6.07) is 22.5. The first-order chi connectivity index (χ1) is 19.8. The van der Waals surface area contributed by atoms with Crippen molar-refractivity contribution in [2.24, 2.45) is 4.99 Å². The van der Waals surface area contributed by atoms with E-state index in [9.17, 15) is 9.59 Å². The van der Waals surface area contributed by atoms with Gasteiger partial charge in [0.25, 0.3) is 5.56 Å². The Morgan fingerprint density at radius 2 is 1.78 bits per heavy atom. The van der Waals surface area contributed by atoms with Crippen LogP contribution in [0, 0.1) is 0 Å². The lowest BCUT2D eigenvalue weighted by Crippen LogP contribution is -2.39. The first-order valence-corrected chi connectivity index (χ1v) is 14.7. The summed E-state index contributed by atoms with van der Waals surface area (Å²) in [6.45, 7) is 8.41. The number of nitrogens with zero attached hydrogens (tertiary/aromatic N) is 2. The number of hydrogen-bond acceptors (Lipinski definition) is 6. The van der Waals surface area contributed by atoms with Crippen LogP contribution in [0.5, 0.6) is 5.75 Å². The highest BCUT2D eigenvalue weighted by Crippen LogP contribution is 2.31. The molecule has 0 amide bonds. The number of thiazole rings is 1. The zero-order valence-electron chi connectivity index (χ0n) is 23.4. The number of ether oxygens (including phenoxy) is 2. The molecule has 1 unspecified atom stereocenters. The summed E-state index contributed by atoms with van der Waals surface area (Å²) in [5.41, 5.74) is 4.49. The molecule has 1 atom stereocenters. The van der Waals surface area contributed by atoms with Crippen LogP contribution >= 0.6 is 22.9 Å². The number of benzene rings is 3. The standard InChI is InChI=1S/C33H31ClN2O4S/c1-5-39-32(38)29-21(4)35-33-36(30(29)24-14-12-23(13-15-24)20(2)3)31(37)28(41-33)18-22-10-16-26(17-11-22)40-19-25-8-6-7-9-27(25)34/h6-18,20,30H,5,19H2,1-4H3/b28-18-. The van der Waals surface area contributed by atoms with Gasteiger partial charge in [-0.25, -0.2) is 9.79 Å². The van der Waals surface area contributed by atoms with Crippen molar-refractivity contribution in [2.75, 3.05) is 6.61 Å². The van der Waals surface area contributed by atoms with E-state index < -0.39 is 12.0 Å². The van der Waals surface area contributed by atoms with E-state index in [1.807, 2.05) is 78.9 Å². The largest absolute Gasteiger partial charge is 0.489 e. The average Bonchev–Trinajstić information content (AvgIpc) is 3.26. The number of hydrogen-bond donors (Lipinski definition) is 0. The summed E-state index contributed by atoms with van der Waals surface area (Å²) >= 11 is 7.54. The Kier molecular flexibility index (Phi) is 8.57. The highest BCUT2D eigenvalue weighted by Gasteiger charge is 2.33. The van der Waals surface area contributed by atoms with Crippen LogP contribution in [0.4, 0.5) is 0 Å². The number of esters is 1. The zero-order chi connectivity index (χ0) is 29.1. The van der Waals surface area contributed by atoms with Crippen LogP contribution in [0.15, 0.2) is 93.9 Å². The van der Waals surface area contributed by atoms with Crippen molar-refractivity contribution in [1.82, 2.24) is 4.57 Å². The van der Waals surface area contributed by atoms with Crippen LogP contribution in [0.25, 0.3) is 6.08 Å². The Morgan fingerprint density at radius 3 is 2.44 bits per heavy atom. The molecule has 0 N–H and O–H groups in total. The van der Waals surface area contributed by atoms with Crippen LogP contribution in [0.3, 0.4) is 0 Å². The molecule has 0 saturated carbocycles. The van der Waals surface area contributed by atoms with Crippen LogP contribution in [-0.4, -0.2) is 17.1 Å². The molecule has 2 heterocycles. The third-order valence-electron chi connectivity index (χ3n) is 6.97. The van der Waals surface area contributed by atoms with Crippen LogP contribution in [-0.2, 0) is 16.1 Å². The second-order valence-corrected chi connectivity index (χ2v) is 11.5. The SMILES string of the molecule is CCOC(=O)C1=C(C)N=c2s/c(=C\c3ccc(OCc4ccccc4Cl)cc3)c(=O)n2C1c1ccc(C(C)C)cc1. The Hall–Kier alpha value is -3.94. The van der Waals surface area contributed by atoms with E-state index in [0.29, 0.717) is 43.9 Å². The molecule has 0 fully saturated rings. The van der Waals surface area contributed by atoms with Gasteiger partial charge in [-0.15, -0.1) is 0 Å². The Labute approximate surface area is 247 Å². The number of fused-ring (bicyclic) bond motifs is 1. The number of rotatable bonds is 8. The minimum Gasteiger partial charge on any atom is -0.489 e. The van der Waals surface area contributed by atoms with Gasteiger partial charge in [-0.2, -0.15) is 0 Å². The van der Waals surface area contributed by atoms with Crippen molar-refractivity contribution in [2.45, 2.75) is 46.3 Å². The first kappa shape index (κ1) is 28.6. The third-order valence-corrected chi connectivity index (χ3v) is 8.32. The fraction of sp³-hybridized carbons (Fsp3) is 0.242. The number of allylic oxidation sites excluding steroid dienone is 1. The monoisotopic (exact) mass is 586 g/mol. The molecule has 8 heteroatoms. The molecule has 0 radical (unpaired) electrons. The van der Waals surface area contributed by atoms with Crippen LogP contribution in [0.1, 0.15) is 61.9 Å². The van der Waals surface area contributed by atoms with Crippen molar-refractivity contribution in [3.63, 3.8) is 0 Å². The summed E-state index contributed by atoms with van der Waals surface area (Å²) in [4.78, 5) is 32.1. The Balaban J connectivity index is 1.50. The van der Waals surface area contributed by atoms with Gasteiger partial charge in [-0.3, -0.25) is 9.36 Å². The summed E-state index contributed by atoms with van der Waals surface area (Å²) in [5.74, 6) is 0.595. The highest BCUT2D eigenvalue weighted by molar-refractivity contribution is 7.07. The van der Waals surface area contributed by atoms with E-state index in [2.05, 4.69) is 18.8 Å². The predicted molar refractivity (Wildman–Crippen MR) is 163 cm³/mol. The second kappa shape index (κ2) is 12.3.